The van der Waals surface area contributed by atoms with Crippen LogP contribution < -0.4 is 4.72 Å². The van der Waals surface area contributed by atoms with Crippen LogP contribution in [-0.2, 0) is 0 Å². The van der Waals surface area contributed by atoms with Crippen molar-refractivity contribution in [1.82, 2.24) is 20.6 Å². The zero-order valence-electron chi connectivity index (χ0n) is 4.96. The van der Waals surface area contributed by atoms with Gasteiger partial charge in [-0.1, -0.05) is 24.0 Å². The molecule has 0 spiro atoms. The summed E-state index contributed by atoms with van der Waals surface area (Å²) in [5.41, 5.74) is 0. The molecule has 1 heterocycles. The highest BCUT2D eigenvalue weighted by molar-refractivity contribution is 8.00. The molecule has 0 radical (unpaired) electrons. The van der Waals surface area contributed by atoms with Gasteiger partial charge in [0.15, 0.2) is 0 Å². The summed E-state index contributed by atoms with van der Waals surface area (Å²) in [4.78, 5) is 0. The number of aromatic amines is 1. The van der Waals surface area contributed by atoms with Gasteiger partial charge in [-0.25, -0.2) is 0 Å². The lowest BCUT2D eigenvalue weighted by atomic mass is 11.0. The first-order valence-corrected chi connectivity index (χ1v) is 3.53. The van der Waals surface area contributed by atoms with Crippen LogP contribution in [0, 0.1) is 0 Å². The van der Waals surface area contributed by atoms with E-state index in [2.05, 4.69) is 25.3 Å². The number of tetrazole rings is 1. The topological polar surface area (TPSA) is 66.5 Å². The van der Waals surface area contributed by atoms with Crippen molar-refractivity contribution in [3.63, 3.8) is 0 Å². The monoisotopic (exact) mass is 145 g/mol. The Balaban J connectivity index is 2.30. The second-order valence-electron chi connectivity index (χ2n) is 1.27. The molecule has 2 N–H and O–H groups in total. The Kier molecular flexibility index (Phi) is 2.32. The molecule has 0 fully saturated rings. The van der Waals surface area contributed by atoms with Crippen molar-refractivity contribution in [3.8, 4) is 0 Å². The van der Waals surface area contributed by atoms with E-state index in [0.29, 0.717) is 5.95 Å². The molecule has 0 aliphatic heterocycles. The van der Waals surface area contributed by atoms with Crippen LogP contribution >= 0.6 is 11.9 Å². The van der Waals surface area contributed by atoms with Crippen LogP contribution in [0.25, 0.3) is 0 Å². The fraction of sp³-hybridized carbons (Fsp3) is 0.667. The third-order valence-electron chi connectivity index (χ3n) is 0.653. The quantitative estimate of drug-likeness (QED) is 0.598. The van der Waals surface area contributed by atoms with Gasteiger partial charge in [0, 0.05) is 5.75 Å². The number of rotatable bonds is 3. The predicted molar refractivity (Wildman–Crippen MR) is 35.9 cm³/mol. The summed E-state index contributed by atoms with van der Waals surface area (Å²) in [5.74, 6) is 1.51. The number of hydrogen-bond acceptors (Lipinski definition) is 5. The minimum Gasteiger partial charge on any atom is -0.296 e. The van der Waals surface area contributed by atoms with Gasteiger partial charge in [-0.05, 0) is 5.21 Å². The van der Waals surface area contributed by atoms with Gasteiger partial charge in [-0.3, -0.25) is 4.72 Å². The summed E-state index contributed by atoms with van der Waals surface area (Å²) in [5, 5.41) is 13.0. The molecule has 0 saturated heterocycles. The van der Waals surface area contributed by atoms with Gasteiger partial charge in [-0.15, -0.1) is 5.10 Å². The van der Waals surface area contributed by atoms with Crippen molar-refractivity contribution < 1.29 is 0 Å². The van der Waals surface area contributed by atoms with E-state index in [1.54, 1.807) is 0 Å². The van der Waals surface area contributed by atoms with Gasteiger partial charge < -0.3 is 0 Å². The van der Waals surface area contributed by atoms with E-state index in [-0.39, 0.29) is 0 Å². The molecule has 1 aromatic rings. The molecular weight excluding hydrogens is 138 g/mol. The van der Waals surface area contributed by atoms with Gasteiger partial charge in [0.25, 0.3) is 5.95 Å². The summed E-state index contributed by atoms with van der Waals surface area (Å²) in [6, 6.07) is 0. The lowest BCUT2D eigenvalue weighted by molar-refractivity contribution is 0.881. The molecule has 1 rings (SSSR count). The molecule has 6 heteroatoms. The van der Waals surface area contributed by atoms with E-state index in [1.807, 2.05) is 6.92 Å². The molecule has 0 amide bonds. The van der Waals surface area contributed by atoms with E-state index >= 15 is 0 Å². The maximum Gasteiger partial charge on any atom is 0.273 e. The predicted octanol–water partition coefficient (Wildman–Crippen LogP) is 0.280. The molecule has 0 aliphatic carbocycles. The number of aromatic nitrogens is 4. The normalized spacial score (nSPS) is 9.44. The first-order valence-electron chi connectivity index (χ1n) is 2.54. The molecule has 1 aromatic heterocycles. The molecule has 0 bridgehead atoms. The van der Waals surface area contributed by atoms with Gasteiger partial charge >= 0.3 is 0 Å². The summed E-state index contributed by atoms with van der Waals surface area (Å²) in [6.07, 6.45) is 0. The maximum absolute atomic E-state index is 3.67. The zero-order chi connectivity index (χ0) is 6.53. The molecule has 0 aliphatic rings. The van der Waals surface area contributed by atoms with Crippen LogP contribution in [-0.4, -0.2) is 26.4 Å². The van der Waals surface area contributed by atoms with Crippen LogP contribution in [0.2, 0.25) is 0 Å². The number of nitrogens with one attached hydrogen (secondary N) is 2. The van der Waals surface area contributed by atoms with Crippen LogP contribution in [0.1, 0.15) is 6.92 Å². The second kappa shape index (κ2) is 3.29. The minimum atomic E-state index is 0.529. The van der Waals surface area contributed by atoms with Crippen LogP contribution in [0.15, 0.2) is 0 Å². The highest BCUT2D eigenvalue weighted by atomic mass is 32.2. The fourth-order valence-corrected chi connectivity index (χ4v) is 0.702. The van der Waals surface area contributed by atoms with Gasteiger partial charge in [-0.2, -0.15) is 5.21 Å². The van der Waals surface area contributed by atoms with Gasteiger partial charge in [0.1, 0.15) is 0 Å². The highest BCUT2D eigenvalue weighted by Gasteiger charge is 1.91. The first kappa shape index (κ1) is 6.34. The van der Waals surface area contributed by atoms with Gasteiger partial charge in [0.05, 0.1) is 0 Å². The molecule has 0 saturated carbocycles. The standard InChI is InChI=1S/C3H7N5S/c1-2-9-6-3-4-7-8-5-3/h2H2,1H3,(H2,4,5,6,7,8). The molecular formula is C3H7N5S. The SMILES string of the molecule is CCSNc1nn[nH]n1. The summed E-state index contributed by atoms with van der Waals surface area (Å²) in [7, 11) is 0. The Bertz CT molecular complexity index is 149. The van der Waals surface area contributed by atoms with E-state index in [4.69, 9.17) is 0 Å². The molecule has 0 aromatic carbocycles. The fourth-order valence-electron chi connectivity index (χ4n) is 0.342. The molecule has 9 heavy (non-hydrogen) atoms. The Morgan fingerprint density at radius 3 is 3.22 bits per heavy atom. The molecule has 0 unspecified atom stereocenters. The van der Waals surface area contributed by atoms with Crippen LogP contribution in [0.4, 0.5) is 5.95 Å². The summed E-state index contributed by atoms with van der Waals surface area (Å²) < 4.78 is 2.88. The smallest absolute Gasteiger partial charge is 0.273 e. The Morgan fingerprint density at radius 1 is 1.78 bits per heavy atom. The third kappa shape index (κ3) is 1.88. The lowest BCUT2D eigenvalue weighted by Crippen LogP contribution is -1.88. The third-order valence-corrected chi connectivity index (χ3v) is 1.27. The number of H-pyrrole nitrogens is 1. The molecule has 5 nitrogen and oxygen atoms in total. The second-order valence-corrected chi connectivity index (χ2v) is 2.34. The lowest BCUT2D eigenvalue weighted by Gasteiger charge is -1.92. The van der Waals surface area contributed by atoms with Crippen LogP contribution in [0.5, 0.6) is 0 Å². The average Bonchev–Trinajstić information content (AvgIpc) is 2.34. The Morgan fingerprint density at radius 2 is 2.67 bits per heavy atom. The van der Waals surface area contributed by atoms with Crippen molar-refractivity contribution in [2.75, 3.05) is 10.5 Å². The summed E-state index contributed by atoms with van der Waals surface area (Å²) in [6.45, 7) is 2.04. The average molecular weight is 145 g/mol. The van der Waals surface area contributed by atoms with Crippen molar-refractivity contribution in [2.45, 2.75) is 6.92 Å². The van der Waals surface area contributed by atoms with E-state index in [9.17, 15) is 0 Å². The van der Waals surface area contributed by atoms with E-state index < -0.39 is 0 Å². The van der Waals surface area contributed by atoms with Crippen molar-refractivity contribution in [1.29, 1.82) is 0 Å². The Hall–Kier alpha value is -0.780. The van der Waals surface area contributed by atoms with E-state index in [0.717, 1.165) is 5.75 Å². The van der Waals surface area contributed by atoms with Crippen molar-refractivity contribution >= 4 is 17.9 Å². The number of anilines is 1. The highest BCUT2D eigenvalue weighted by Crippen LogP contribution is 2.01. The maximum atomic E-state index is 3.67. The largest absolute Gasteiger partial charge is 0.296 e. The first-order chi connectivity index (χ1) is 4.43. The van der Waals surface area contributed by atoms with E-state index in [1.165, 1.54) is 11.9 Å². The number of nitrogens with zero attached hydrogens (tertiary/aromatic N) is 3. The van der Waals surface area contributed by atoms with Gasteiger partial charge in [0.2, 0.25) is 0 Å². The summed E-state index contributed by atoms with van der Waals surface area (Å²) >= 11 is 1.53. The molecule has 50 valence electrons. The molecule has 0 atom stereocenters. The Labute approximate surface area is 56.7 Å². The van der Waals surface area contributed by atoms with Crippen molar-refractivity contribution in [2.24, 2.45) is 0 Å². The number of hydrogen-bond donors (Lipinski definition) is 2. The van der Waals surface area contributed by atoms with Crippen molar-refractivity contribution in [3.05, 3.63) is 0 Å². The van der Waals surface area contributed by atoms with Crippen LogP contribution in [0.3, 0.4) is 0 Å². The zero-order valence-corrected chi connectivity index (χ0v) is 5.77. The minimum absolute atomic E-state index is 0.529.